The van der Waals surface area contributed by atoms with Crippen molar-refractivity contribution < 1.29 is 9.53 Å². The van der Waals surface area contributed by atoms with Gasteiger partial charge in [-0.2, -0.15) is 0 Å². The van der Waals surface area contributed by atoms with Gasteiger partial charge >= 0.3 is 6.09 Å². The van der Waals surface area contributed by atoms with Gasteiger partial charge in [0.05, 0.1) is 6.54 Å². The molecule has 1 aliphatic carbocycles. The van der Waals surface area contributed by atoms with E-state index in [2.05, 4.69) is 33.8 Å². The molecule has 5 nitrogen and oxygen atoms in total. The zero-order chi connectivity index (χ0) is 17.1. The molecule has 1 saturated heterocycles. The lowest BCUT2D eigenvalue weighted by Crippen LogP contribution is -2.38. The van der Waals surface area contributed by atoms with Gasteiger partial charge in [-0.25, -0.2) is 9.78 Å². The minimum Gasteiger partial charge on any atom is -0.441 e. The molecule has 2 aromatic rings. The van der Waals surface area contributed by atoms with E-state index in [0.29, 0.717) is 12.5 Å². The van der Waals surface area contributed by atoms with Crippen LogP contribution in [0.4, 0.5) is 10.6 Å². The van der Waals surface area contributed by atoms with Gasteiger partial charge < -0.3 is 15.4 Å². The van der Waals surface area contributed by atoms with Crippen LogP contribution in [0.5, 0.6) is 0 Å². The van der Waals surface area contributed by atoms with Crippen LogP contribution in [0, 0.1) is 5.92 Å². The summed E-state index contributed by atoms with van der Waals surface area (Å²) in [6.45, 7) is 1.57. The molecule has 2 heterocycles. The first kappa shape index (κ1) is 15.9. The smallest absolute Gasteiger partial charge is 0.407 e. The molecule has 1 aromatic carbocycles. The summed E-state index contributed by atoms with van der Waals surface area (Å²) in [6, 6.07) is 14.4. The second-order valence-electron chi connectivity index (χ2n) is 7.05. The van der Waals surface area contributed by atoms with Crippen molar-refractivity contribution in [2.24, 2.45) is 5.92 Å². The Labute approximate surface area is 147 Å². The molecule has 2 fully saturated rings. The van der Waals surface area contributed by atoms with E-state index in [9.17, 15) is 4.79 Å². The number of rotatable bonds is 4. The van der Waals surface area contributed by atoms with E-state index in [0.717, 1.165) is 43.6 Å². The highest BCUT2D eigenvalue weighted by Gasteiger charge is 2.42. The number of pyridine rings is 1. The Morgan fingerprint density at radius 3 is 2.56 bits per heavy atom. The van der Waals surface area contributed by atoms with E-state index < -0.39 is 0 Å². The quantitative estimate of drug-likeness (QED) is 0.890. The summed E-state index contributed by atoms with van der Waals surface area (Å²) in [5.74, 6) is 1.51. The van der Waals surface area contributed by atoms with Gasteiger partial charge in [0.1, 0.15) is 11.4 Å². The highest BCUT2D eigenvalue weighted by atomic mass is 16.6. The molecule has 1 aromatic heterocycles. The predicted molar refractivity (Wildman–Crippen MR) is 97.3 cm³/mol. The van der Waals surface area contributed by atoms with Crippen molar-refractivity contribution in [2.45, 2.75) is 31.3 Å². The van der Waals surface area contributed by atoms with Gasteiger partial charge in [0.2, 0.25) is 0 Å². The number of alkyl carbamates (subject to hydrolysis) is 1. The highest BCUT2D eigenvalue weighted by Crippen LogP contribution is 2.36. The summed E-state index contributed by atoms with van der Waals surface area (Å²) in [7, 11) is 0. The number of hydrogen-bond donors (Lipinski definition) is 2. The van der Waals surface area contributed by atoms with Crippen LogP contribution >= 0.6 is 0 Å². The number of carbonyl (C=O) groups is 1. The molecule has 0 radical (unpaired) electrons. The number of aromatic nitrogens is 1. The SMILES string of the molecule is O=C1NCC2(CCC(CNc3ccc(-c4ccccc4)cn3)CC2)O1. The van der Waals surface area contributed by atoms with Gasteiger partial charge in [-0.05, 0) is 49.3 Å². The van der Waals surface area contributed by atoms with Crippen LogP contribution in [0.15, 0.2) is 48.7 Å². The normalized spacial score (nSPS) is 25.4. The molecule has 1 amide bonds. The number of nitrogens with one attached hydrogen (secondary N) is 2. The molecule has 2 N–H and O–H groups in total. The number of amides is 1. The van der Waals surface area contributed by atoms with E-state index in [-0.39, 0.29) is 11.7 Å². The Morgan fingerprint density at radius 2 is 1.92 bits per heavy atom. The Hall–Kier alpha value is -2.56. The summed E-state index contributed by atoms with van der Waals surface area (Å²) in [4.78, 5) is 15.8. The highest BCUT2D eigenvalue weighted by molar-refractivity contribution is 5.70. The molecule has 2 aliphatic rings. The average molecular weight is 337 g/mol. The van der Waals surface area contributed by atoms with E-state index >= 15 is 0 Å². The molecule has 25 heavy (non-hydrogen) atoms. The number of hydrogen-bond acceptors (Lipinski definition) is 4. The van der Waals surface area contributed by atoms with Crippen LogP contribution in [0.25, 0.3) is 11.1 Å². The first-order valence-electron chi connectivity index (χ1n) is 8.95. The third-order valence-corrected chi connectivity index (χ3v) is 5.32. The Morgan fingerprint density at radius 1 is 1.12 bits per heavy atom. The van der Waals surface area contributed by atoms with Crippen LogP contribution in [0.2, 0.25) is 0 Å². The topological polar surface area (TPSA) is 63.2 Å². The van der Waals surface area contributed by atoms with Gasteiger partial charge in [-0.15, -0.1) is 0 Å². The molecule has 5 heteroatoms. The maximum atomic E-state index is 11.3. The average Bonchev–Trinajstić information content (AvgIpc) is 3.03. The Bertz CT molecular complexity index is 722. The minimum atomic E-state index is -0.265. The van der Waals surface area contributed by atoms with Crippen molar-refractivity contribution in [3.63, 3.8) is 0 Å². The number of benzene rings is 1. The van der Waals surface area contributed by atoms with Crippen LogP contribution in [0.1, 0.15) is 25.7 Å². The van der Waals surface area contributed by atoms with Crippen molar-refractivity contribution in [2.75, 3.05) is 18.4 Å². The monoisotopic (exact) mass is 337 g/mol. The van der Waals surface area contributed by atoms with E-state index in [4.69, 9.17) is 4.74 Å². The van der Waals surface area contributed by atoms with Gasteiger partial charge in [0.25, 0.3) is 0 Å². The number of nitrogens with zero attached hydrogens (tertiary/aromatic N) is 1. The Balaban J connectivity index is 1.28. The third-order valence-electron chi connectivity index (χ3n) is 5.32. The standard InChI is InChI=1S/C20H23N3O2/c24-19-23-14-20(25-19)10-8-15(9-11-20)12-21-18-7-6-17(13-22-18)16-4-2-1-3-5-16/h1-7,13,15H,8-12,14H2,(H,21,22)(H,23,24). The van der Waals surface area contributed by atoms with Gasteiger partial charge in [-0.3, -0.25) is 0 Å². The van der Waals surface area contributed by atoms with Crippen LogP contribution in [-0.4, -0.2) is 29.8 Å². The third kappa shape index (κ3) is 3.60. The van der Waals surface area contributed by atoms with Crippen molar-refractivity contribution in [3.05, 3.63) is 48.7 Å². The molecular weight excluding hydrogens is 314 g/mol. The molecule has 0 atom stereocenters. The molecule has 0 unspecified atom stereocenters. The molecule has 130 valence electrons. The number of ether oxygens (including phenoxy) is 1. The van der Waals surface area contributed by atoms with Crippen molar-refractivity contribution in [1.82, 2.24) is 10.3 Å². The van der Waals surface area contributed by atoms with Gasteiger partial charge in [0, 0.05) is 18.3 Å². The zero-order valence-electron chi connectivity index (χ0n) is 14.2. The lowest BCUT2D eigenvalue weighted by molar-refractivity contribution is 0.0148. The molecule has 1 spiro atoms. The maximum absolute atomic E-state index is 11.3. The number of anilines is 1. The molecule has 0 bridgehead atoms. The van der Waals surface area contributed by atoms with E-state index in [1.165, 1.54) is 5.56 Å². The van der Waals surface area contributed by atoms with E-state index in [1.54, 1.807) is 0 Å². The van der Waals surface area contributed by atoms with Crippen LogP contribution in [-0.2, 0) is 4.74 Å². The molecule has 4 rings (SSSR count). The fourth-order valence-electron chi connectivity index (χ4n) is 3.74. The molecular formula is C20H23N3O2. The Kier molecular flexibility index (Phi) is 4.30. The number of carbonyl (C=O) groups excluding carboxylic acids is 1. The van der Waals surface area contributed by atoms with Crippen molar-refractivity contribution in [1.29, 1.82) is 0 Å². The van der Waals surface area contributed by atoms with Crippen LogP contribution in [0.3, 0.4) is 0 Å². The predicted octanol–water partition coefficient (Wildman–Crippen LogP) is 3.83. The summed E-state index contributed by atoms with van der Waals surface area (Å²) in [5.41, 5.74) is 2.06. The first-order valence-corrected chi connectivity index (χ1v) is 8.95. The second kappa shape index (κ2) is 6.75. The summed E-state index contributed by atoms with van der Waals surface area (Å²) in [5, 5.41) is 6.23. The van der Waals surface area contributed by atoms with Gasteiger partial charge in [-0.1, -0.05) is 30.3 Å². The summed E-state index contributed by atoms with van der Waals surface area (Å²) >= 11 is 0. The lowest BCUT2D eigenvalue weighted by atomic mass is 9.79. The fraction of sp³-hybridized carbons (Fsp3) is 0.400. The fourth-order valence-corrected chi connectivity index (χ4v) is 3.74. The first-order chi connectivity index (χ1) is 12.2. The van der Waals surface area contributed by atoms with Crippen molar-refractivity contribution in [3.8, 4) is 11.1 Å². The molecule has 1 saturated carbocycles. The van der Waals surface area contributed by atoms with Gasteiger partial charge in [0.15, 0.2) is 0 Å². The van der Waals surface area contributed by atoms with E-state index in [1.807, 2.05) is 30.5 Å². The minimum absolute atomic E-state index is 0.247. The zero-order valence-corrected chi connectivity index (χ0v) is 14.2. The summed E-state index contributed by atoms with van der Waals surface area (Å²) < 4.78 is 5.47. The second-order valence-corrected chi connectivity index (χ2v) is 7.05. The van der Waals surface area contributed by atoms with Crippen LogP contribution < -0.4 is 10.6 Å². The largest absolute Gasteiger partial charge is 0.441 e. The van der Waals surface area contributed by atoms with Crippen molar-refractivity contribution >= 4 is 11.9 Å². The summed E-state index contributed by atoms with van der Waals surface area (Å²) in [6.07, 6.45) is 5.68. The lowest BCUT2D eigenvalue weighted by Gasteiger charge is -2.34. The molecule has 1 aliphatic heterocycles. The maximum Gasteiger partial charge on any atom is 0.407 e.